The van der Waals surface area contributed by atoms with Gasteiger partial charge in [0.2, 0.25) is 0 Å². The second kappa shape index (κ2) is 8.54. The Morgan fingerprint density at radius 1 is 0.677 bits per heavy atom. The Morgan fingerprint density at radius 3 is 1.61 bits per heavy atom. The van der Waals surface area contributed by atoms with Crippen LogP contribution in [0.2, 0.25) is 0 Å². The van der Waals surface area contributed by atoms with E-state index in [0.29, 0.717) is 10.6 Å². The van der Waals surface area contributed by atoms with E-state index in [0.717, 1.165) is 22.0 Å². The summed E-state index contributed by atoms with van der Waals surface area (Å²) in [5.41, 5.74) is 0.461. The normalized spacial score (nSPS) is 15.2. The van der Waals surface area contributed by atoms with Crippen molar-refractivity contribution < 1.29 is 8.78 Å². The van der Waals surface area contributed by atoms with Gasteiger partial charge in [0.15, 0.2) is 11.6 Å². The average molecular weight is 467 g/mol. The summed E-state index contributed by atoms with van der Waals surface area (Å²) < 4.78 is 37.6. The smallest absolute Gasteiger partial charge is 0.161 e. The van der Waals surface area contributed by atoms with E-state index in [-0.39, 0.29) is 0 Å². The molecule has 154 valence electrons. The average Bonchev–Trinajstić information content (AvgIpc) is 3.20. The van der Waals surface area contributed by atoms with Gasteiger partial charge >= 0.3 is 0 Å². The molecule has 0 amide bonds. The largest absolute Gasteiger partial charge is 0.204 e. The summed E-state index contributed by atoms with van der Waals surface area (Å²) >= 11 is 0. The first kappa shape index (κ1) is 20.4. The summed E-state index contributed by atoms with van der Waals surface area (Å²) in [6.45, 7) is 0. The Morgan fingerprint density at radius 2 is 1.13 bits per heavy atom. The fourth-order valence-corrected chi connectivity index (χ4v) is 11.8. The number of rotatable bonds is 4. The lowest BCUT2D eigenvalue weighted by atomic mass is 10.3. The van der Waals surface area contributed by atoms with Gasteiger partial charge in [0.1, 0.15) is 0 Å². The molecule has 0 fully saturated rings. The van der Waals surface area contributed by atoms with Crippen molar-refractivity contribution in [1.82, 2.24) is 0 Å². The molecule has 2 nitrogen and oxygen atoms in total. The topological polar surface area (TPSA) is 24.7 Å². The third kappa shape index (κ3) is 3.80. The molecule has 0 bridgehead atoms. The maximum atomic E-state index is 13.8. The van der Waals surface area contributed by atoms with Crippen LogP contribution in [0.4, 0.5) is 14.5 Å². The summed E-state index contributed by atoms with van der Waals surface area (Å²) in [7, 11) is -1.86. The van der Waals surface area contributed by atoms with Gasteiger partial charge in [-0.25, -0.2) is 12.9 Å². The highest BCUT2D eigenvalue weighted by atomic mass is 33.1. The van der Waals surface area contributed by atoms with Gasteiger partial charge in [0.05, 0.1) is 27.5 Å². The summed E-state index contributed by atoms with van der Waals surface area (Å²) in [6.07, 6.45) is 0. The van der Waals surface area contributed by atoms with Gasteiger partial charge in [-0.1, -0.05) is 91.0 Å². The van der Waals surface area contributed by atoms with Crippen molar-refractivity contribution >= 4 is 49.4 Å². The summed E-state index contributed by atoms with van der Waals surface area (Å²) in [4.78, 5) is 0.623. The minimum absolute atomic E-state index is 0.461. The lowest BCUT2D eigenvalue weighted by molar-refractivity contribution is 0.506. The molecule has 0 saturated heterocycles. The highest BCUT2D eigenvalue weighted by molar-refractivity contribution is 8.70. The zero-order valence-electron chi connectivity index (χ0n) is 16.2. The summed E-state index contributed by atoms with van der Waals surface area (Å²) in [6, 6.07) is 33.1. The molecule has 1 atom stereocenters. The standard InChI is InChI=1S/C24H17F2N2PS2/c25-21-16-23-24(17-22(21)26)30-31(27-23)28-29(18-10-4-1-5-11-18,19-12-6-2-7-13-19)20-14-8-3-9-15-20/h1-17H/t31-/m0/s1. The van der Waals surface area contributed by atoms with Gasteiger partial charge in [-0.05, 0) is 16.9 Å². The van der Waals surface area contributed by atoms with Gasteiger partial charge in [0, 0.05) is 22.0 Å². The molecule has 7 heteroatoms. The Bertz CT molecular complexity index is 1220. The van der Waals surface area contributed by atoms with Crippen molar-refractivity contribution in [2.24, 2.45) is 8.51 Å². The Labute approximate surface area is 186 Å². The first-order valence-electron chi connectivity index (χ1n) is 9.60. The fraction of sp³-hybridized carbons (Fsp3) is 0. The van der Waals surface area contributed by atoms with Crippen LogP contribution in [0.3, 0.4) is 0 Å². The van der Waals surface area contributed by atoms with Crippen molar-refractivity contribution in [3.63, 3.8) is 0 Å². The van der Waals surface area contributed by atoms with Crippen molar-refractivity contribution in [3.05, 3.63) is 115 Å². The van der Waals surface area contributed by atoms with E-state index in [4.69, 9.17) is 4.15 Å². The van der Waals surface area contributed by atoms with Crippen LogP contribution in [0.15, 0.2) is 117 Å². The van der Waals surface area contributed by atoms with Crippen LogP contribution in [0.25, 0.3) is 0 Å². The number of hydrogen-bond donors (Lipinski definition) is 0. The number of nitrogens with zero attached hydrogens (tertiary/aromatic N) is 2. The monoisotopic (exact) mass is 466 g/mol. The maximum absolute atomic E-state index is 13.8. The van der Waals surface area contributed by atoms with Crippen LogP contribution in [0.5, 0.6) is 0 Å². The number of halogens is 2. The van der Waals surface area contributed by atoms with Gasteiger partial charge in [-0.15, -0.1) is 0 Å². The van der Waals surface area contributed by atoms with Crippen LogP contribution in [0, 0.1) is 11.6 Å². The molecule has 31 heavy (non-hydrogen) atoms. The molecule has 1 heterocycles. The molecule has 4 aromatic rings. The SMILES string of the molecule is Fc1cc2c(cc1F)S[S@](N=P(c1ccccc1)(c1ccccc1)c1ccccc1)=N2. The number of fused-ring (bicyclic) bond motifs is 1. The highest BCUT2D eigenvalue weighted by Gasteiger charge is 2.29. The van der Waals surface area contributed by atoms with Crippen LogP contribution in [-0.2, 0) is 9.91 Å². The van der Waals surface area contributed by atoms with E-state index in [1.807, 2.05) is 54.6 Å². The third-order valence-electron chi connectivity index (χ3n) is 4.92. The van der Waals surface area contributed by atoms with Crippen molar-refractivity contribution in [3.8, 4) is 0 Å². The summed E-state index contributed by atoms with van der Waals surface area (Å²) in [5, 5.41) is 3.34. The first-order chi connectivity index (χ1) is 15.2. The Hall–Kier alpha value is -2.53. The van der Waals surface area contributed by atoms with Crippen molar-refractivity contribution in [1.29, 1.82) is 0 Å². The van der Waals surface area contributed by atoms with Crippen molar-refractivity contribution in [2.75, 3.05) is 0 Å². The predicted octanol–water partition coefficient (Wildman–Crippen LogP) is 6.51. The van der Waals surface area contributed by atoms with E-state index in [1.54, 1.807) is 0 Å². The molecule has 4 aromatic carbocycles. The van der Waals surface area contributed by atoms with Crippen LogP contribution in [-0.4, -0.2) is 0 Å². The van der Waals surface area contributed by atoms with E-state index < -0.39 is 28.6 Å². The van der Waals surface area contributed by atoms with E-state index in [1.165, 1.54) is 16.9 Å². The second-order valence-electron chi connectivity index (χ2n) is 6.86. The van der Waals surface area contributed by atoms with Gasteiger partial charge in [-0.3, -0.25) is 0 Å². The lowest BCUT2D eigenvalue weighted by Gasteiger charge is -2.26. The number of benzene rings is 4. The second-order valence-corrected chi connectivity index (χ2v) is 13.0. The Kier molecular flexibility index (Phi) is 5.61. The molecule has 0 spiro atoms. The van der Waals surface area contributed by atoms with E-state index in [9.17, 15) is 8.78 Å². The predicted molar refractivity (Wildman–Crippen MR) is 129 cm³/mol. The van der Waals surface area contributed by atoms with Crippen LogP contribution in [0.1, 0.15) is 0 Å². The minimum Gasteiger partial charge on any atom is -0.204 e. The van der Waals surface area contributed by atoms with Crippen molar-refractivity contribution in [2.45, 2.75) is 4.90 Å². The molecule has 0 radical (unpaired) electrons. The van der Waals surface area contributed by atoms with E-state index >= 15 is 0 Å². The van der Waals surface area contributed by atoms with Gasteiger partial charge in [0.25, 0.3) is 0 Å². The Balaban J connectivity index is 1.80. The van der Waals surface area contributed by atoms with Gasteiger partial charge in [-0.2, -0.15) is 4.36 Å². The first-order valence-corrected chi connectivity index (χ1v) is 13.8. The third-order valence-corrected chi connectivity index (χ3v) is 12.4. The highest BCUT2D eigenvalue weighted by Crippen LogP contribution is 2.51. The molecule has 1 aliphatic heterocycles. The van der Waals surface area contributed by atoms with E-state index in [2.05, 4.69) is 40.8 Å². The molecular weight excluding hydrogens is 449 g/mol. The van der Waals surface area contributed by atoms with Crippen LogP contribution >= 0.6 is 17.8 Å². The fourth-order valence-electron chi connectivity index (χ4n) is 3.50. The molecular formula is C24H17F2N2PS2. The molecule has 5 rings (SSSR count). The quantitative estimate of drug-likeness (QED) is 0.249. The maximum Gasteiger partial charge on any atom is 0.161 e. The molecule has 0 aromatic heterocycles. The van der Waals surface area contributed by atoms with Gasteiger partial charge < -0.3 is 0 Å². The minimum atomic E-state index is -2.42. The zero-order chi connectivity index (χ0) is 21.3. The molecule has 0 aliphatic carbocycles. The zero-order valence-corrected chi connectivity index (χ0v) is 18.8. The number of hydrogen-bond acceptors (Lipinski definition) is 3. The molecule has 0 saturated carbocycles. The molecule has 1 aliphatic rings. The lowest BCUT2D eigenvalue weighted by Crippen LogP contribution is -2.25. The molecule has 0 unspecified atom stereocenters. The summed E-state index contributed by atoms with van der Waals surface area (Å²) in [5.74, 6) is -1.74. The molecule has 0 N–H and O–H groups in total. The van der Waals surface area contributed by atoms with Crippen LogP contribution < -0.4 is 15.9 Å².